The fraction of sp³-hybridized carbons (Fsp3) is 0. The van der Waals surface area contributed by atoms with Crippen molar-refractivity contribution in [2.24, 2.45) is 0 Å². The molecule has 0 aliphatic heterocycles. The molecule has 0 aromatic rings. The van der Waals surface area contributed by atoms with E-state index in [1.54, 1.807) is 0 Å². The Morgan fingerprint density at radius 3 is 1.00 bits per heavy atom. The van der Waals surface area contributed by atoms with Crippen LogP contribution in [0.15, 0.2) is 0 Å². The summed E-state index contributed by atoms with van der Waals surface area (Å²) in [5, 5.41) is 0. The lowest BCUT2D eigenvalue weighted by Crippen LogP contribution is 0.885. The fourth-order valence-corrected chi connectivity index (χ4v) is 0. The van der Waals surface area contributed by atoms with Gasteiger partial charge in [0.1, 0.15) is 2.38 Å². The van der Waals surface area contributed by atoms with E-state index in [-0.39, 0.29) is 5.71 Å². The van der Waals surface area contributed by atoms with Gasteiger partial charge in [-0.3, -0.25) is 0 Å². The van der Waals surface area contributed by atoms with E-state index in [2.05, 4.69) is 0 Å². The first-order valence-electron chi connectivity index (χ1n) is 1.51. The summed E-state index contributed by atoms with van der Waals surface area (Å²) in [4.78, 5) is 0. The highest BCUT2D eigenvalue weighted by atomic mass is 127. The van der Waals surface area contributed by atoms with Crippen molar-refractivity contribution in [1.29, 1.82) is 2.38 Å². The summed E-state index contributed by atoms with van der Waals surface area (Å²) in [6.07, 6.45) is 0. The van der Waals surface area contributed by atoms with Gasteiger partial charge >= 0.3 is 0 Å². The SMILES string of the molecule is [2H]I.[2H]I.[2H]I.[2H]I.[HH].[HH].[HH].[HH]. The zero-order chi connectivity index (χ0) is 8.00. The van der Waals surface area contributed by atoms with E-state index >= 15 is 0 Å². The van der Waals surface area contributed by atoms with Crippen LogP contribution < -0.4 is 0 Å². The van der Waals surface area contributed by atoms with E-state index in [9.17, 15) is 0 Å². The Hall–Kier alpha value is 2.92. The van der Waals surface area contributed by atoms with Crippen LogP contribution in [0, 0.1) is 0 Å². The Bertz CT molecular complexity index is 11.0. The molecule has 0 rings (SSSR count). The summed E-state index contributed by atoms with van der Waals surface area (Å²) in [6, 6.07) is 0. The smallest absolute Gasteiger partial charge is 0.107 e. The lowest BCUT2D eigenvalue weighted by molar-refractivity contribution is 14.0. The van der Waals surface area contributed by atoms with E-state index in [0.29, 0.717) is 0 Å². The fourth-order valence-electron chi connectivity index (χ4n) is 0. The molecule has 40 valence electrons. The van der Waals surface area contributed by atoms with Gasteiger partial charge in [0, 0.05) is 5.71 Å². The van der Waals surface area contributed by atoms with Crippen molar-refractivity contribution in [3.05, 3.63) is 0 Å². The van der Waals surface area contributed by atoms with E-state index in [0.717, 1.165) is 0 Å². The van der Waals surface area contributed by atoms with Gasteiger partial charge in [-0.1, -0.05) is 0 Å². The van der Waals surface area contributed by atoms with Gasteiger partial charge in [0.2, 0.25) is 0 Å². The van der Waals surface area contributed by atoms with Gasteiger partial charge < -0.3 is 0 Å². The maximum absolute atomic E-state index is 5.72. The molecule has 0 unspecified atom stereocenters. The van der Waals surface area contributed by atoms with Gasteiger partial charge in [-0.2, -0.15) is 0 Å². The average Bonchev–Trinajstić information content (AvgIpc) is 2.03. The number of hydrogen-bond acceptors (Lipinski definition) is 0. The Balaban J connectivity index is -0.00000000267. The van der Waals surface area contributed by atoms with Crippen molar-refractivity contribution in [3.63, 3.8) is 0 Å². The first-order chi connectivity index (χ1) is 4.00. The number of rotatable bonds is 0. The standard InChI is InChI=1S/4HI.4H2/h8*1H/i/hD4. The lowest BCUT2D eigenvalue weighted by atomic mass is 127. The van der Waals surface area contributed by atoms with Crippen molar-refractivity contribution in [2.45, 2.75) is 0 Å². The van der Waals surface area contributed by atoms with Crippen LogP contribution in [0.25, 0.3) is 0 Å². The Labute approximate surface area is 102 Å². The molecule has 0 aliphatic rings. The maximum atomic E-state index is 5.72. The molecule has 0 saturated carbocycles. The van der Waals surface area contributed by atoms with Crippen LogP contribution in [0.1, 0.15) is 5.71 Å². The molecule has 0 amide bonds. The monoisotopic (exact) mass is 524 g/mol. The van der Waals surface area contributed by atoms with E-state index < -0.39 is 0 Å². The predicted octanol–water partition coefficient (Wildman–Crippen LogP) is 3.46. The molecule has 4 heteroatoms. The maximum Gasteiger partial charge on any atom is 0.107 e. The lowest BCUT2D eigenvalue weighted by Gasteiger charge is -0.108. The first kappa shape index (κ1) is 5.06. The quantitative estimate of drug-likeness (QED) is 0.427. The molecule has 0 bridgehead atoms. The zero-order valence-corrected chi connectivity index (χ0v) is 10.1. The van der Waals surface area contributed by atoms with Crippen molar-refractivity contribution in [2.75, 3.05) is 0 Å². The van der Waals surface area contributed by atoms with Crippen LogP contribution in [-0.2, 0) is 0 Å². The molecule has 0 fully saturated rings. The summed E-state index contributed by atoms with van der Waals surface area (Å²) in [5.41, 5.74) is 0. The third-order valence-electron chi connectivity index (χ3n) is 0. The Kier molecular flexibility index (Phi) is 21.3. The van der Waals surface area contributed by atoms with Crippen molar-refractivity contribution >= 4 is 95.1 Å². The molecular weight excluding hydrogens is 508 g/mol. The molecule has 0 aromatic heterocycles. The van der Waals surface area contributed by atoms with Crippen LogP contribution in [0.4, 0.5) is 0 Å². The van der Waals surface area contributed by atoms with Gasteiger partial charge in [0.25, 0.3) is 0 Å². The first-order valence-corrected chi connectivity index (χ1v) is 0. The summed E-state index contributed by atoms with van der Waals surface area (Å²) in [6.45, 7) is 0. The molecule has 0 N–H and O–H groups in total. The highest BCUT2D eigenvalue weighted by Crippen LogP contribution is 0.889. The van der Waals surface area contributed by atoms with Gasteiger partial charge in [0.05, 0.1) is 0 Å². The van der Waals surface area contributed by atoms with Crippen LogP contribution in [0.3, 0.4) is 0 Å². The molecule has 4 heavy (non-hydrogen) atoms. The Morgan fingerprint density at radius 2 is 1.00 bits per heavy atom. The summed E-state index contributed by atoms with van der Waals surface area (Å²) < 4.78 is 22.9. The Morgan fingerprint density at radius 1 is 1.00 bits per heavy atom. The van der Waals surface area contributed by atoms with Crippen LogP contribution >= 0.6 is 95.1 Å². The molecule has 0 heterocycles. The van der Waals surface area contributed by atoms with E-state index in [1.807, 2.05) is 0 Å². The van der Waals surface area contributed by atoms with Gasteiger partial charge in [0.15, 0.2) is 0 Å². The van der Waals surface area contributed by atoms with Crippen molar-refractivity contribution in [3.8, 4) is 0 Å². The second kappa shape index (κ2) is 16.8. The normalized spacial score (nSPS) is 7.00. The molecule has 0 spiro atoms. The summed E-state index contributed by atoms with van der Waals surface area (Å²) in [7, 11) is 0. The molecule has 0 saturated heterocycles. The molecule has 0 nitrogen and oxygen atoms in total. The minimum Gasteiger partial charge on any atom is -0.107 e. The molecule has 0 atom stereocenters. The van der Waals surface area contributed by atoms with Crippen molar-refractivity contribution in [1.82, 2.24) is 0 Å². The van der Waals surface area contributed by atoms with Gasteiger partial charge in [-0.15, -0.1) is 95.1 Å². The second-order valence-corrected chi connectivity index (χ2v) is 0. The predicted molar refractivity (Wildman–Crippen MR) is 70.1 cm³/mol. The van der Waals surface area contributed by atoms with Crippen LogP contribution in [0.2, 0.25) is 0 Å². The minimum atomic E-state index is 0. The third-order valence-corrected chi connectivity index (χ3v) is 0. The molecular formula is H12I4. The second-order valence-electron chi connectivity index (χ2n) is 0. The molecule has 0 aromatic carbocycles. The van der Waals surface area contributed by atoms with E-state index in [1.165, 1.54) is 95.1 Å². The number of halogens is 4. The largest absolute Gasteiger partial charge is 0.107 e. The van der Waals surface area contributed by atoms with Crippen molar-refractivity contribution < 1.29 is 5.71 Å². The summed E-state index contributed by atoms with van der Waals surface area (Å²) >= 11 is 5.60. The highest BCUT2D eigenvalue weighted by Gasteiger charge is -0.104. The zero-order valence-electron chi connectivity index (χ0n) is 5.51. The molecule has 0 radical (unpaired) electrons. The average molecular weight is 524 g/mol. The van der Waals surface area contributed by atoms with Gasteiger partial charge in [-0.25, -0.2) is 0 Å². The van der Waals surface area contributed by atoms with Gasteiger partial charge in [-0.05, 0) is 0 Å². The van der Waals surface area contributed by atoms with Crippen LogP contribution in [-0.4, -0.2) is 2.38 Å². The topological polar surface area (TPSA) is 0 Å². The molecule has 0 aliphatic carbocycles. The third kappa shape index (κ3) is 8.87. The van der Waals surface area contributed by atoms with E-state index in [4.69, 9.17) is 2.38 Å². The highest BCUT2D eigenvalue weighted by molar-refractivity contribution is 14.0. The minimum absolute atomic E-state index is 0. The number of hydrogen-bond donors (Lipinski definition) is 0. The summed E-state index contributed by atoms with van der Waals surface area (Å²) in [5.74, 6) is 0. The van der Waals surface area contributed by atoms with Crippen LogP contribution in [0.5, 0.6) is 0 Å².